The molecule has 4 rings (SSSR count). The van der Waals surface area contributed by atoms with Gasteiger partial charge in [-0.1, -0.05) is 54.2 Å². The molecule has 1 fully saturated rings. The van der Waals surface area contributed by atoms with Crippen molar-refractivity contribution in [3.05, 3.63) is 60.2 Å². The number of nitrogens with zero attached hydrogens (tertiary/aromatic N) is 3. The van der Waals surface area contributed by atoms with Crippen LogP contribution in [0.1, 0.15) is 12.5 Å². The van der Waals surface area contributed by atoms with E-state index in [1.807, 2.05) is 36.1 Å². The second-order valence-electron chi connectivity index (χ2n) is 6.79. The predicted octanol–water partition coefficient (Wildman–Crippen LogP) is 4.12. The third-order valence-electron chi connectivity index (χ3n) is 4.83. The number of aromatic nitrogens is 1. The Morgan fingerprint density at radius 3 is 2.52 bits per heavy atom. The molecular weight excluding hydrogens is 374 g/mol. The number of fused-ring (bicyclic) bond motifs is 1. The lowest BCUT2D eigenvalue weighted by atomic mass is 10.2. The maximum Gasteiger partial charge on any atom is 0.235 e. The summed E-state index contributed by atoms with van der Waals surface area (Å²) in [6, 6.07) is 18.7. The summed E-state index contributed by atoms with van der Waals surface area (Å²) in [5.41, 5.74) is 2.34. The predicted molar refractivity (Wildman–Crippen MR) is 113 cm³/mol. The molecule has 6 heteroatoms. The van der Waals surface area contributed by atoms with Gasteiger partial charge in [-0.3, -0.25) is 9.69 Å². The molecule has 140 valence electrons. The van der Waals surface area contributed by atoms with Crippen molar-refractivity contribution < 1.29 is 4.79 Å². The zero-order valence-corrected chi connectivity index (χ0v) is 17.0. The number of hydrogen-bond donors (Lipinski definition) is 0. The molecule has 0 spiro atoms. The number of para-hydroxylation sites is 1. The van der Waals surface area contributed by atoms with Crippen molar-refractivity contribution in [2.75, 3.05) is 26.2 Å². The van der Waals surface area contributed by atoms with E-state index >= 15 is 0 Å². The SMILES string of the molecule is CC(Sc1nc2ccccc2s1)C(=O)N1CCN(Cc2ccccc2)CC1. The molecule has 0 radical (unpaired) electrons. The first-order chi connectivity index (χ1) is 13.2. The molecule has 27 heavy (non-hydrogen) atoms. The number of rotatable bonds is 5. The Kier molecular flexibility index (Phi) is 5.76. The van der Waals surface area contributed by atoms with Gasteiger partial charge in [0.25, 0.3) is 0 Å². The van der Waals surface area contributed by atoms with Crippen LogP contribution < -0.4 is 0 Å². The number of thioether (sulfide) groups is 1. The van der Waals surface area contributed by atoms with Crippen molar-refractivity contribution in [2.45, 2.75) is 23.1 Å². The van der Waals surface area contributed by atoms with Crippen LogP contribution in [0.3, 0.4) is 0 Å². The first kappa shape index (κ1) is 18.5. The van der Waals surface area contributed by atoms with Crippen molar-refractivity contribution in [3.8, 4) is 0 Å². The zero-order valence-electron chi connectivity index (χ0n) is 15.4. The minimum Gasteiger partial charge on any atom is -0.339 e. The van der Waals surface area contributed by atoms with Gasteiger partial charge in [0, 0.05) is 32.7 Å². The Morgan fingerprint density at radius 1 is 1.07 bits per heavy atom. The molecule has 4 nitrogen and oxygen atoms in total. The summed E-state index contributed by atoms with van der Waals surface area (Å²) in [6.07, 6.45) is 0. The number of piperazine rings is 1. The van der Waals surface area contributed by atoms with Crippen molar-refractivity contribution in [2.24, 2.45) is 0 Å². The van der Waals surface area contributed by atoms with Gasteiger partial charge in [-0.2, -0.15) is 0 Å². The highest BCUT2D eigenvalue weighted by atomic mass is 32.2. The van der Waals surface area contributed by atoms with Gasteiger partial charge < -0.3 is 4.90 Å². The van der Waals surface area contributed by atoms with Crippen molar-refractivity contribution in [1.82, 2.24) is 14.8 Å². The average molecular weight is 398 g/mol. The van der Waals surface area contributed by atoms with Gasteiger partial charge in [0.15, 0.2) is 4.34 Å². The molecule has 1 aromatic heterocycles. The van der Waals surface area contributed by atoms with Crippen LogP contribution in [0.5, 0.6) is 0 Å². The van der Waals surface area contributed by atoms with Gasteiger partial charge in [-0.15, -0.1) is 11.3 Å². The topological polar surface area (TPSA) is 36.4 Å². The molecule has 0 bridgehead atoms. The van der Waals surface area contributed by atoms with Crippen molar-refractivity contribution in [1.29, 1.82) is 0 Å². The normalized spacial score (nSPS) is 16.6. The summed E-state index contributed by atoms with van der Waals surface area (Å²) in [7, 11) is 0. The highest BCUT2D eigenvalue weighted by molar-refractivity contribution is 8.02. The molecule has 1 atom stereocenters. The molecule has 1 unspecified atom stereocenters. The monoisotopic (exact) mass is 397 g/mol. The molecule has 0 aliphatic carbocycles. The molecule has 3 aromatic rings. The second kappa shape index (κ2) is 8.42. The summed E-state index contributed by atoms with van der Waals surface area (Å²) in [4.78, 5) is 21.9. The highest BCUT2D eigenvalue weighted by Gasteiger charge is 2.26. The van der Waals surface area contributed by atoms with Gasteiger partial charge in [-0.05, 0) is 24.6 Å². The summed E-state index contributed by atoms with van der Waals surface area (Å²) in [5, 5.41) is -0.105. The van der Waals surface area contributed by atoms with Crippen LogP contribution in [-0.4, -0.2) is 52.1 Å². The average Bonchev–Trinajstić information content (AvgIpc) is 3.11. The Morgan fingerprint density at radius 2 is 1.78 bits per heavy atom. The van der Waals surface area contributed by atoms with Gasteiger partial charge in [-0.25, -0.2) is 4.98 Å². The van der Waals surface area contributed by atoms with E-state index < -0.39 is 0 Å². The van der Waals surface area contributed by atoms with Gasteiger partial charge in [0.2, 0.25) is 5.91 Å². The van der Waals surface area contributed by atoms with Gasteiger partial charge >= 0.3 is 0 Å². The van der Waals surface area contributed by atoms with E-state index in [-0.39, 0.29) is 11.2 Å². The van der Waals surface area contributed by atoms with Crippen LogP contribution in [0.15, 0.2) is 58.9 Å². The molecule has 1 saturated heterocycles. The molecule has 1 aliphatic heterocycles. The number of carbonyl (C=O) groups excluding carboxylic acids is 1. The van der Waals surface area contributed by atoms with E-state index in [1.165, 1.54) is 10.3 Å². The third-order valence-corrected chi connectivity index (χ3v) is 7.05. The Balaban J connectivity index is 1.30. The first-order valence-corrected chi connectivity index (χ1v) is 11.0. The van der Waals surface area contributed by atoms with Crippen LogP contribution in [-0.2, 0) is 11.3 Å². The largest absolute Gasteiger partial charge is 0.339 e. The number of thiazole rings is 1. The van der Waals surface area contributed by atoms with Crippen molar-refractivity contribution in [3.63, 3.8) is 0 Å². The van der Waals surface area contributed by atoms with E-state index in [1.54, 1.807) is 23.1 Å². The fourth-order valence-electron chi connectivity index (χ4n) is 3.33. The third kappa shape index (κ3) is 4.51. The fourth-order valence-corrected chi connectivity index (χ4v) is 5.62. The Hall–Kier alpha value is -1.89. The minimum atomic E-state index is -0.105. The quantitative estimate of drug-likeness (QED) is 0.607. The van der Waals surface area contributed by atoms with Gasteiger partial charge in [0.05, 0.1) is 15.5 Å². The minimum absolute atomic E-state index is 0.105. The molecule has 0 saturated carbocycles. The molecule has 0 N–H and O–H groups in total. The lowest BCUT2D eigenvalue weighted by Crippen LogP contribution is -2.50. The Bertz CT molecular complexity index is 871. The zero-order chi connectivity index (χ0) is 18.6. The molecular formula is C21H23N3OS2. The van der Waals surface area contributed by atoms with Crippen molar-refractivity contribution >= 4 is 39.2 Å². The van der Waals surface area contributed by atoms with Crippen LogP contribution in [0, 0.1) is 0 Å². The van der Waals surface area contributed by atoms with Crippen LogP contribution >= 0.6 is 23.1 Å². The summed E-state index contributed by atoms with van der Waals surface area (Å²) >= 11 is 3.24. The summed E-state index contributed by atoms with van der Waals surface area (Å²) in [5.74, 6) is 0.221. The number of benzene rings is 2. The van der Waals surface area contributed by atoms with Gasteiger partial charge in [0.1, 0.15) is 0 Å². The first-order valence-electron chi connectivity index (χ1n) is 9.26. The maximum absolute atomic E-state index is 12.8. The smallest absolute Gasteiger partial charge is 0.235 e. The van der Waals surface area contributed by atoms with E-state index in [0.29, 0.717) is 0 Å². The summed E-state index contributed by atoms with van der Waals surface area (Å²) in [6.45, 7) is 6.42. The molecule has 2 heterocycles. The maximum atomic E-state index is 12.8. The lowest BCUT2D eigenvalue weighted by Gasteiger charge is -2.35. The fraction of sp³-hybridized carbons (Fsp3) is 0.333. The highest BCUT2D eigenvalue weighted by Crippen LogP contribution is 2.32. The number of amides is 1. The van der Waals surface area contributed by atoms with E-state index in [0.717, 1.165) is 42.6 Å². The standard InChI is InChI=1S/C21H23N3OS2/c1-16(26-21-22-18-9-5-6-10-19(18)27-21)20(25)24-13-11-23(12-14-24)15-17-7-3-2-4-8-17/h2-10,16H,11-15H2,1H3. The Labute approximate surface area is 168 Å². The van der Waals surface area contributed by atoms with E-state index in [4.69, 9.17) is 0 Å². The van der Waals surface area contributed by atoms with E-state index in [2.05, 4.69) is 40.2 Å². The van der Waals surface area contributed by atoms with Crippen LogP contribution in [0.2, 0.25) is 0 Å². The number of hydrogen-bond acceptors (Lipinski definition) is 5. The summed E-state index contributed by atoms with van der Waals surface area (Å²) < 4.78 is 2.15. The second-order valence-corrected chi connectivity index (χ2v) is 9.41. The molecule has 2 aromatic carbocycles. The molecule has 1 aliphatic rings. The van der Waals surface area contributed by atoms with Crippen LogP contribution in [0.25, 0.3) is 10.2 Å². The van der Waals surface area contributed by atoms with Crippen LogP contribution in [0.4, 0.5) is 0 Å². The lowest BCUT2D eigenvalue weighted by molar-refractivity contribution is -0.132. The number of carbonyl (C=O) groups is 1. The van der Waals surface area contributed by atoms with E-state index in [9.17, 15) is 4.79 Å². The molecule has 1 amide bonds.